The third-order valence-corrected chi connectivity index (χ3v) is 3.43. The van der Waals surface area contributed by atoms with E-state index < -0.39 is 36.4 Å². The van der Waals surface area contributed by atoms with E-state index in [1.165, 1.54) is 4.90 Å². The van der Waals surface area contributed by atoms with Gasteiger partial charge >= 0.3 is 18.0 Å². The number of rotatable bonds is 4. The molecule has 8 nitrogen and oxygen atoms in total. The van der Waals surface area contributed by atoms with Gasteiger partial charge in [0.25, 0.3) is 0 Å². The van der Waals surface area contributed by atoms with Crippen molar-refractivity contribution in [3.8, 4) is 0 Å². The van der Waals surface area contributed by atoms with E-state index >= 15 is 0 Å². The monoisotopic (exact) mass is 256 g/mol. The first-order valence-corrected chi connectivity index (χ1v) is 5.84. The molecule has 2 rings (SSSR count). The highest BCUT2D eigenvalue weighted by Crippen LogP contribution is 2.23. The van der Waals surface area contributed by atoms with E-state index in [0.29, 0.717) is 6.42 Å². The third kappa shape index (κ3) is 1.83. The predicted molar refractivity (Wildman–Crippen MR) is 60.5 cm³/mol. The van der Waals surface area contributed by atoms with E-state index in [1.54, 1.807) is 6.92 Å². The summed E-state index contributed by atoms with van der Waals surface area (Å²) in [6, 6.07) is -1.85. The van der Waals surface area contributed by atoms with Crippen molar-refractivity contribution in [3.05, 3.63) is 0 Å². The highest BCUT2D eigenvalue weighted by Gasteiger charge is 2.50. The maximum absolute atomic E-state index is 11.8. The number of carboxylic acids is 1. The molecule has 0 radical (unpaired) electrons. The lowest BCUT2D eigenvalue weighted by Crippen LogP contribution is -2.54. The number of hydrogen-bond donors (Lipinski definition) is 4. The van der Waals surface area contributed by atoms with E-state index in [2.05, 4.69) is 16.0 Å². The van der Waals surface area contributed by atoms with Crippen molar-refractivity contribution in [2.75, 3.05) is 0 Å². The second kappa shape index (κ2) is 4.35. The number of aliphatic carboxylic acids is 1. The van der Waals surface area contributed by atoms with Crippen LogP contribution in [-0.4, -0.2) is 46.4 Å². The zero-order valence-electron chi connectivity index (χ0n) is 10.1. The van der Waals surface area contributed by atoms with Crippen LogP contribution < -0.4 is 16.0 Å². The minimum atomic E-state index is -1.07. The van der Waals surface area contributed by atoms with Crippen LogP contribution in [0.25, 0.3) is 0 Å². The Morgan fingerprint density at radius 1 is 1.39 bits per heavy atom. The van der Waals surface area contributed by atoms with Gasteiger partial charge in [-0.3, -0.25) is 4.90 Å². The van der Waals surface area contributed by atoms with Gasteiger partial charge in [0.05, 0.1) is 0 Å². The molecule has 0 aromatic carbocycles. The minimum Gasteiger partial charge on any atom is -0.480 e. The first-order chi connectivity index (χ1) is 8.45. The summed E-state index contributed by atoms with van der Waals surface area (Å²) in [6.45, 7) is 3.63. The molecule has 2 saturated heterocycles. The Labute approximate surface area is 104 Å². The highest BCUT2D eigenvalue weighted by molar-refractivity contribution is 5.88. The highest BCUT2D eigenvalue weighted by atomic mass is 16.4. The summed E-state index contributed by atoms with van der Waals surface area (Å²) in [4.78, 5) is 35.6. The molecule has 4 unspecified atom stereocenters. The minimum absolute atomic E-state index is 0.204. The third-order valence-electron chi connectivity index (χ3n) is 3.43. The van der Waals surface area contributed by atoms with Crippen LogP contribution in [0.5, 0.6) is 0 Å². The number of nitrogens with one attached hydrogen (secondary N) is 3. The van der Waals surface area contributed by atoms with E-state index in [9.17, 15) is 19.5 Å². The van der Waals surface area contributed by atoms with Crippen LogP contribution in [0, 0.1) is 5.92 Å². The molecule has 100 valence electrons. The second-order valence-electron chi connectivity index (χ2n) is 4.57. The molecule has 0 saturated carbocycles. The van der Waals surface area contributed by atoms with Gasteiger partial charge in [-0.25, -0.2) is 14.4 Å². The van der Waals surface area contributed by atoms with Gasteiger partial charge < -0.3 is 21.1 Å². The molecule has 8 heteroatoms. The maximum atomic E-state index is 11.8. The van der Waals surface area contributed by atoms with Gasteiger partial charge in [-0.2, -0.15) is 0 Å². The molecular weight excluding hydrogens is 240 g/mol. The van der Waals surface area contributed by atoms with Crippen LogP contribution in [0.2, 0.25) is 0 Å². The quantitative estimate of drug-likeness (QED) is 0.542. The van der Waals surface area contributed by atoms with Gasteiger partial charge in [0.15, 0.2) is 0 Å². The average Bonchev–Trinajstić information content (AvgIpc) is 2.76. The smallest absolute Gasteiger partial charge is 0.326 e. The summed E-state index contributed by atoms with van der Waals surface area (Å²) in [5.41, 5.74) is 0. The fraction of sp³-hybridized carbons (Fsp3) is 0.700. The lowest BCUT2D eigenvalue weighted by atomic mass is 9.97. The number of carboxylic acid groups (broad SMARTS) is 1. The van der Waals surface area contributed by atoms with Crippen LogP contribution >= 0.6 is 0 Å². The predicted octanol–water partition coefficient (Wildman–Crippen LogP) is -0.524. The van der Waals surface area contributed by atoms with Crippen molar-refractivity contribution in [2.45, 2.75) is 38.6 Å². The molecule has 18 heavy (non-hydrogen) atoms. The number of hydrogen-bond acceptors (Lipinski definition) is 3. The summed E-state index contributed by atoms with van der Waals surface area (Å²) in [5, 5.41) is 16.9. The van der Waals surface area contributed by atoms with Crippen LogP contribution in [0.15, 0.2) is 0 Å². The summed E-state index contributed by atoms with van der Waals surface area (Å²) in [6.07, 6.45) is -0.601. The van der Waals surface area contributed by atoms with Crippen molar-refractivity contribution in [1.82, 2.24) is 20.9 Å². The molecule has 2 heterocycles. The summed E-state index contributed by atoms with van der Waals surface area (Å²) >= 11 is 0. The van der Waals surface area contributed by atoms with E-state index in [4.69, 9.17) is 0 Å². The number of fused-ring (bicyclic) bond motifs is 1. The lowest BCUT2D eigenvalue weighted by molar-refractivity contribution is -0.144. The van der Waals surface area contributed by atoms with E-state index in [-0.39, 0.29) is 5.92 Å². The molecule has 2 aliphatic heterocycles. The van der Waals surface area contributed by atoms with Gasteiger partial charge in [0.1, 0.15) is 18.4 Å². The Morgan fingerprint density at radius 2 is 2.06 bits per heavy atom. The Balaban J connectivity index is 2.26. The first-order valence-electron chi connectivity index (χ1n) is 5.84. The fourth-order valence-electron chi connectivity index (χ4n) is 2.32. The molecule has 2 aliphatic rings. The molecule has 0 spiro atoms. The largest absolute Gasteiger partial charge is 0.480 e. The molecule has 4 N–H and O–H groups in total. The lowest BCUT2D eigenvalue weighted by Gasteiger charge is -2.31. The Bertz CT molecular complexity index is 399. The number of urea groups is 2. The van der Waals surface area contributed by atoms with E-state index in [1.807, 2.05) is 6.92 Å². The van der Waals surface area contributed by atoms with Crippen molar-refractivity contribution >= 4 is 18.0 Å². The van der Waals surface area contributed by atoms with Crippen molar-refractivity contribution in [3.63, 3.8) is 0 Å². The number of nitrogens with zero attached hydrogens (tertiary/aromatic N) is 1. The Morgan fingerprint density at radius 3 is 2.61 bits per heavy atom. The molecule has 0 aliphatic carbocycles. The van der Waals surface area contributed by atoms with Gasteiger partial charge in [-0.05, 0) is 5.92 Å². The van der Waals surface area contributed by atoms with Crippen LogP contribution in [0.3, 0.4) is 0 Å². The number of amides is 4. The molecule has 2 fully saturated rings. The first kappa shape index (κ1) is 12.5. The zero-order chi connectivity index (χ0) is 13.4. The topological polar surface area (TPSA) is 111 Å². The molecule has 0 aromatic heterocycles. The Hall–Kier alpha value is -1.99. The van der Waals surface area contributed by atoms with E-state index in [0.717, 1.165) is 0 Å². The van der Waals surface area contributed by atoms with Crippen molar-refractivity contribution in [1.29, 1.82) is 0 Å². The molecule has 4 amide bonds. The van der Waals surface area contributed by atoms with Crippen LogP contribution in [0.4, 0.5) is 9.59 Å². The summed E-state index contributed by atoms with van der Waals surface area (Å²) < 4.78 is 0. The van der Waals surface area contributed by atoms with Gasteiger partial charge in [0.2, 0.25) is 0 Å². The Kier molecular flexibility index (Phi) is 3.02. The summed E-state index contributed by atoms with van der Waals surface area (Å²) in [7, 11) is 0. The van der Waals surface area contributed by atoms with Crippen LogP contribution in [-0.2, 0) is 4.79 Å². The van der Waals surface area contributed by atoms with Crippen molar-refractivity contribution < 1.29 is 19.5 Å². The molecule has 4 atom stereocenters. The maximum Gasteiger partial charge on any atom is 0.326 e. The summed E-state index contributed by atoms with van der Waals surface area (Å²) in [5.74, 6) is -1.27. The normalized spacial score (nSPS) is 29.1. The molecule has 0 bridgehead atoms. The van der Waals surface area contributed by atoms with Crippen LogP contribution in [0.1, 0.15) is 20.3 Å². The SMILES string of the molecule is CCC(C)C(C(=O)O)N1C(=O)NC2NC(=O)NC21. The van der Waals surface area contributed by atoms with Gasteiger partial charge in [-0.15, -0.1) is 0 Å². The van der Waals surface area contributed by atoms with Gasteiger partial charge in [0, 0.05) is 0 Å². The average molecular weight is 256 g/mol. The zero-order valence-corrected chi connectivity index (χ0v) is 10.1. The fourth-order valence-corrected chi connectivity index (χ4v) is 2.32. The molecular formula is C10H16N4O4. The van der Waals surface area contributed by atoms with Gasteiger partial charge in [-0.1, -0.05) is 20.3 Å². The van der Waals surface area contributed by atoms with Crippen molar-refractivity contribution in [2.24, 2.45) is 5.92 Å². The number of carbonyl (C=O) groups is 3. The standard InChI is InChI=1S/C10H16N4O4/c1-3-4(2)5(8(15)16)14-7-6(12-10(14)18)11-9(17)13-7/h4-7H,3H2,1-2H3,(H,12,18)(H,15,16)(H2,11,13,17). The number of carbonyl (C=O) groups excluding carboxylic acids is 2. The second-order valence-corrected chi connectivity index (χ2v) is 4.57. The molecule has 0 aromatic rings.